The molecule has 2 unspecified atom stereocenters. The second kappa shape index (κ2) is 7.89. The zero-order valence-electron chi connectivity index (χ0n) is 14.9. The number of primary amides is 1. The lowest BCUT2D eigenvalue weighted by atomic mass is 9.90. The van der Waals surface area contributed by atoms with E-state index in [4.69, 9.17) is 28.9 Å². The second-order valence-corrected chi connectivity index (χ2v) is 7.39. The Morgan fingerprint density at radius 2 is 1.75 bits per heavy atom. The Bertz CT molecular complexity index is 945. The molecule has 2 N–H and O–H groups in total. The van der Waals surface area contributed by atoms with Crippen molar-refractivity contribution in [2.75, 3.05) is 4.90 Å². The average Bonchev–Trinajstić information content (AvgIpc) is 2.91. The van der Waals surface area contributed by atoms with Gasteiger partial charge >= 0.3 is 0 Å². The van der Waals surface area contributed by atoms with Gasteiger partial charge in [-0.25, -0.2) is 9.29 Å². The van der Waals surface area contributed by atoms with Crippen LogP contribution in [-0.2, 0) is 4.79 Å². The number of halogens is 3. The molecule has 0 spiro atoms. The minimum atomic E-state index is -1.07. The van der Waals surface area contributed by atoms with Crippen LogP contribution in [-0.4, -0.2) is 23.1 Å². The van der Waals surface area contributed by atoms with E-state index in [0.29, 0.717) is 18.4 Å². The molecule has 146 valence electrons. The highest BCUT2D eigenvalue weighted by atomic mass is 35.5. The third-order valence-corrected chi connectivity index (χ3v) is 5.57. The number of nitrogens with two attached hydrogens (primary N) is 1. The van der Waals surface area contributed by atoms with Gasteiger partial charge in [0.1, 0.15) is 11.2 Å². The number of nitrogens with zero attached hydrogens (tertiary/aromatic N) is 1. The van der Waals surface area contributed by atoms with Gasteiger partial charge in [-0.05, 0) is 36.2 Å². The molecule has 8 heteroatoms. The minimum Gasteiger partial charge on any atom is -0.368 e. The summed E-state index contributed by atoms with van der Waals surface area (Å²) in [7, 11) is 0. The molecule has 0 saturated heterocycles. The molecule has 28 heavy (non-hydrogen) atoms. The molecule has 1 aliphatic heterocycles. The molecule has 0 saturated carbocycles. The Labute approximate surface area is 171 Å². The predicted molar refractivity (Wildman–Crippen MR) is 105 cm³/mol. The summed E-state index contributed by atoms with van der Waals surface area (Å²) in [4.78, 5) is 37.8. The standard InChI is InChI=1S/C20H17Cl2FN2O3/c1-2-5-10(17(22)18(24)26)13-8-16(15(23)9-14(13)21)25-19(27)11-6-3-4-7-12(11)20(25)28/h3-4,6-10,17H,2,5H2,1H3,(H2,24,26). The van der Waals surface area contributed by atoms with E-state index in [-0.39, 0.29) is 21.8 Å². The lowest BCUT2D eigenvalue weighted by molar-refractivity contribution is -0.118. The van der Waals surface area contributed by atoms with Crippen molar-refractivity contribution in [3.8, 4) is 0 Å². The van der Waals surface area contributed by atoms with E-state index >= 15 is 0 Å². The van der Waals surface area contributed by atoms with Gasteiger partial charge in [-0.1, -0.05) is 37.1 Å². The van der Waals surface area contributed by atoms with Crippen molar-refractivity contribution >= 4 is 46.6 Å². The molecule has 3 rings (SSSR count). The summed E-state index contributed by atoms with van der Waals surface area (Å²) in [5.74, 6) is -3.41. The van der Waals surface area contributed by atoms with Crippen molar-refractivity contribution in [3.05, 3.63) is 63.9 Å². The van der Waals surface area contributed by atoms with E-state index in [1.54, 1.807) is 12.1 Å². The Balaban J connectivity index is 2.11. The van der Waals surface area contributed by atoms with Crippen LogP contribution in [0, 0.1) is 5.82 Å². The number of hydrogen-bond donors (Lipinski definition) is 1. The monoisotopic (exact) mass is 422 g/mol. The fourth-order valence-electron chi connectivity index (χ4n) is 3.39. The summed E-state index contributed by atoms with van der Waals surface area (Å²) in [6.45, 7) is 1.89. The highest BCUT2D eigenvalue weighted by molar-refractivity contribution is 6.35. The third kappa shape index (κ3) is 3.38. The number of carbonyl (C=O) groups is 3. The topological polar surface area (TPSA) is 80.5 Å². The number of rotatable bonds is 6. The quantitative estimate of drug-likeness (QED) is 0.557. The van der Waals surface area contributed by atoms with Crippen LogP contribution >= 0.6 is 23.2 Å². The van der Waals surface area contributed by atoms with Gasteiger partial charge in [0.25, 0.3) is 11.8 Å². The zero-order valence-corrected chi connectivity index (χ0v) is 16.4. The van der Waals surface area contributed by atoms with E-state index in [9.17, 15) is 18.8 Å². The van der Waals surface area contributed by atoms with E-state index in [1.165, 1.54) is 18.2 Å². The first-order chi connectivity index (χ1) is 13.3. The van der Waals surface area contributed by atoms with Gasteiger partial charge < -0.3 is 5.73 Å². The Kier molecular flexibility index (Phi) is 5.72. The number of amides is 3. The molecule has 2 atom stereocenters. The van der Waals surface area contributed by atoms with Gasteiger partial charge in [0, 0.05) is 10.9 Å². The second-order valence-electron chi connectivity index (χ2n) is 6.52. The molecule has 2 aromatic carbocycles. The van der Waals surface area contributed by atoms with Gasteiger partial charge in [0.15, 0.2) is 0 Å². The van der Waals surface area contributed by atoms with Crippen molar-refractivity contribution in [2.24, 2.45) is 5.73 Å². The predicted octanol–water partition coefficient (Wildman–Crippen LogP) is 4.26. The first-order valence-corrected chi connectivity index (χ1v) is 9.49. The smallest absolute Gasteiger partial charge is 0.266 e. The molecular weight excluding hydrogens is 406 g/mol. The molecule has 0 aromatic heterocycles. The number of anilines is 1. The molecular formula is C20H17Cl2FN2O3. The maximum atomic E-state index is 14.7. The zero-order chi connectivity index (χ0) is 20.6. The lowest BCUT2D eigenvalue weighted by Gasteiger charge is -2.24. The molecule has 0 bridgehead atoms. The minimum absolute atomic E-state index is 0.0446. The summed E-state index contributed by atoms with van der Waals surface area (Å²) in [5, 5.41) is -1.03. The summed E-state index contributed by atoms with van der Waals surface area (Å²) in [5.41, 5.74) is 5.85. The van der Waals surface area contributed by atoms with Crippen molar-refractivity contribution in [3.63, 3.8) is 0 Å². The lowest BCUT2D eigenvalue weighted by Crippen LogP contribution is -2.32. The largest absolute Gasteiger partial charge is 0.368 e. The number of benzene rings is 2. The van der Waals surface area contributed by atoms with Crippen LogP contribution in [0.15, 0.2) is 36.4 Å². The summed E-state index contributed by atoms with van der Waals surface area (Å²) >= 11 is 12.4. The Hall–Kier alpha value is -2.44. The van der Waals surface area contributed by atoms with E-state index in [1.807, 2.05) is 6.92 Å². The molecule has 5 nitrogen and oxygen atoms in total. The van der Waals surface area contributed by atoms with Crippen molar-refractivity contribution in [2.45, 2.75) is 31.1 Å². The Morgan fingerprint density at radius 3 is 2.25 bits per heavy atom. The molecule has 0 fully saturated rings. The summed E-state index contributed by atoms with van der Waals surface area (Å²) in [6.07, 6.45) is 1.13. The maximum absolute atomic E-state index is 14.7. The van der Waals surface area contributed by atoms with Gasteiger partial charge in [0.2, 0.25) is 5.91 Å². The van der Waals surface area contributed by atoms with E-state index in [0.717, 1.165) is 11.0 Å². The van der Waals surface area contributed by atoms with Crippen molar-refractivity contribution in [1.29, 1.82) is 0 Å². The summed E-state index contributed by atoms with van der Waals surface area (Å²) < 4.78 is 14.7. The van der Waals surface area contributed by atoms with Crippen LogP contribution in [0.2, 0.25) is 5.02 Å². The average molecular weight is 423 g/mol. The molecule has 1 aliphatic rings. The van der Waals surface area contributed by atoms with Gasteiger partial charge in [-0.2, -0.15) is 0 Å². The molecule has 3 amide bonds. The normalized spacial score (nSPS) is 15.5. The maximum Gasteiger partial charge on any atom is 0.266 e. The van der Waals surface area contributed by atoms with Crippen LogP contribution in [0.4, 0.5) is 10.1 Å². The van der Waals surface area contributed by atoms with Crippen LogP contribution in [0.1, 0.15) is 52.0 Å². The van der Waals surface area contributed by atoms with Crippen LogP contribution < -0.4 is 10.6 Å². The molecule has 0 radical (unpaired) electrons. The first-order valence-electron chi connectivity index (χ1n) is 8.68. The van der Waals surface area contributed by atoms with Gasteiger partial charge in [-0.15, -0.1) is 11.6 Å². The fraction of sp³-hybridized carbons (Fsp3) is 0.250. The molecule has 0 aliphatic carbocycles. The fourth-order valence-corrected chi connectivity index (χ4v) is 3.94. The number of hydrogen-bond acceptors (Lipinski definition) is 3. The van der Waals surface area contributed by atoms with Gasteiger partial charge in [-0.3, -0.25) is 14.4 Å². The molecule has 1 heterocycles. The van der Waals surface area contributed by atoms with Crippen LogP contribution in [0.3, 0.4) is 0 Å². The first kappa shape index (κ1) is 20.3. The van der Waals surface area contributed by atoms with Crippen LogP contribution in [0.25, 0.3) is 0 Å². The number of fused-ring (bicyclic) bond motifs is 1. The highest BCUT2D eigenvalue weighted by Crippen LogP contribution is 2.39. The van der Waals surface area contributed by atoms with Crippen molar-refractivity contribution in [1.82, 2.24) is 0 Å². The van der Waals surface area contributed by atoms with Crippen LogP contribution in [0.5, 0.6) is 0 Å². The third-order valence-electron chi connectivity index (χ3n) is 4.73. The van der Waals surface area contributed by atoms with E-state index < -0.39 is 34.8 Å². The SMILES string of the molecule is CCCC(c1cc(N2C(=O)c3ccccc3C2=O)c(F)cc1Cl)C(Cl)C(N)=O. The summed E-state index contributed by atoms with van der Waals surface area (Å²) in [6, 6.07) is 8.58. The van der Waals surface area contributed by atoms with Gasteiger partial charge in [0.05, 0.1) is 16.8 Å². The van der Waals surface area contributed by atoms with E-state index in [2.05, 4.69) is 0 Å². The number of carbonyl (C=O) groups excluding carboxylic acids is 3. The highest BCUT2D eigenvalue weighted by Gasteiger charge is 2.38. The molecule has 2 aromatic rings. The Morgan fingerprint density at radius 1 is 1.18 bits per heavy atom. The number of imide groups is 1. The van der Waals surface area contributed by atoms with Crippen molar-refractivity contribution < 1.29 is 18.8 Å². The number of alkyl halides is 1.